The summed E-state index contributed by atoms with van der Waals surface area (Å²) in [5.41, 5.74) is 1.47. The van der Waals surface area contributed by atoms with Crippen molar-refractivity contribution in [3.63, 3.8) is 0 Å². The Hall–Kier alpha value is -4.08. The molecule has 0 aliphatic rings. The number of rotatable bonds is 7. The van der Waals surface area contributed by atoms with Gasteiger partial charge in [-0.15, -0.1) is 5.10 Å². The van der Waals surface area contributed by atoms with E-state index < -0.39 is 11.9 Å². The van der Waals surface area contributed by atoms with E-state index in [1.54, 1.807) is 12.1 Å². The van der Waals surface area contributed by atoms with Gasteiger partial charge < -0.3 is 14.8 Å². The number of ether oxygens (including phenoxy) is 2. The number of ketones is 1. The molecule has 0 fully saturated rings. The zero-order valence-corrected chi connectivity index (χ0v) is 16.6. The molecule has 10 heteroatoms. The summed E-state index contributed by atoms with van der Waals surface area (Å²) in [4.78, 5) is 36.8. The van der Waals surface area contributed by atoms with Crippen LogP contribution in [-0.2, 0) is 4.74 Å². The third kappa shape index (κ3) is 4.49. The number of esters is 1. The van der Waals surface area contributed by atoms with Crippen molar-refractivity contribution in [1.82, 2.24) is 20.2 Å². The molecule has 1 amide bonds. The Morgan fingerprint density at radius 1 is 1.07 bits per heavy atom. The molecule has 10 nitrogen and oxygen atoms in total. The van der Waals surface area contributed by atoms with Crippen molar-refractivity contribution in [3.05, 3.63) is 59.4 Å². The van der Waals surface area contributed by atoms with Crippen LogP contribution in [0.15, 0.2) is 42.7 Å². The van der Waals surface area contributed by atoms with Crippen molar-refractivity contribution >= 4 is 23.3 Å². The maximum atomic E-state index is 13.0. The second-order valence-corrected chi connectivity index (χ2v) is 6.17. The van der Waals surface area contributed by atoms with E-state index in [1.807, 2.05) is 6.92 Å². The van der Waals surface area contributed by atoms with Gasteiger partial charge in [0, 0.05) is 11.1 Å². The third-order valence-corrected chi connectivity index (χ3v) is 4.15. The van der Waals surface area contributed by atoms with Crippen LogP contribution in [0.25, 0.3) is 5.69 Å². The monoisotopic (exact) mass is 409 g/mol. The van der Waals surface area contributed by atoms with Crippen LogP contribution in [-0.4, -0.2) is 51.6 Å². The molecule has 2 aromatic carbocycles. The van der Waals surface area contributed by atoms with Crippen molar-refractivity contribution in [2.45, 2.75) is 13.8 Å². The average Bonchev–Trinajstić information content (AvgIpc) is 3.29. The number of amides is 1. The van der Waals surface area contributed by atoms with E-state index in [-0.39, 0.29) is 16.9 Å². The van der Waals surface area contributed by atoms with Gasteiger partial charge >= 0.3 is 5.97 Å². The van der Waals surface area contributed by atoms with E-state index in [2.05, 4.69) is 20.8 Å². The quantitative estimate of drug-likeness (QED) is 0.465. The van der Waals surface area contributed by atoms with Gasteiger partial charge in [0.2, 0.25) is 0 Å². The molecule has 0 atom stereocenters. The molecule has 0 aliphatic carbocycles. The smallest absolute Gasteiger partial charge is 0.337 e. The SMILES string of the molecule is CCOc1ccc(C(C)=O)cc1NC(=O)c1cc(C(=O)OC)cc(-n2cnnn2)c1. The van der Waals surface area contributed by atoms with Crippen LogP contribution in [0.4, 0.5) is 5.69 Å². The van der Waals surface area contributed by atoms with Gasteiger partial charge in [-0.3, -0.25) is 9.59 Å². The van der Waals surface area contributed by atoms with Crippen molar-refractivity contribution in [2.24, 2.45) is 0 Å². The van der Waals surface area contributed by atoms with Gasteiger partial charge in [0.15, 0.2) is 5.78 Å². The van der Waals surface area contributed by atoms with Crippen molar-refractivity contribution in [2.75, 3.05) is 19.0 Å². The molecule has 0 unspecified atom stereocenters. The van der Waals surface area contributed by atoms with Crippen molar-refractivity contribution < 1.29 is 23.9 Å². The van der Waals surface area contributed by atoms with Gasteiger partial charge in [-0.1, -0.05) is 0 Å². The Bertz CT molecular complexity index is 1090. The summed E-state index contributed by atoms with van der Waals surface area (Å²) in [6, 6.07) is 9.19. The predicted molar refractivity (Wildman–Crippen MR) is 106 cm³/mol. The maximum Gasteiger partial charge on any atom is 0.337 e. The van der Waals surface area contributed by atoms with E-state index >= 15 is 0 Å². The summed E-state index contributed by atoms with van der Waals surface area (Å²) >= 11 is 0. The molecular weight excluding hydrogens is 390 g/mol. The first-order valence-electron chi connectivity index (χ1n) is 8.98. The highest BCUT2D eigenvalue weighted by Gasteiger charge is 2.17. The number of tetrazole rings is 1. The molecule has 0 saturated heterocycles. The van der Waals surface area contributed by atoms with Crippen molar-refractivity contribution in [1.29, 1.82) is 0 Å². The molecule has 3 rings (SSSR count). The molecule has 154 valence electrons. The number of carbonyl (C=O) groups is 3. The minimum absolute atomic E-state index is 0.151. The lowest BCUT2D eigenvalue weighted by Gasteiger charge is -2.14. The Balaban J connectivity index is 2.01. The second kappa shape index (κ2) is 8.95. The minimum atomic E-state index is -0.618. The zero-order valence-electron chi connectivity index (χ0n) is 16.6. The molecule has 1 heterocycles. The van der Waals surface area contributed by atoms with Crippen LogP contribution in [0.2, 0.25) is 0 Å². The number of nitrogens with one attached hydrogen (secondary N) is 1. The fourth-order valence-corrected chi connectivity index (χ4v) is 2.71. The summed E-state index contributed by atoms with van der Waals surface area (Å²) < 4.78 is 11.6. The van der Waals surface area contributed by atoms with Crippen molar-refractivity contribution in [3.8, 4) is 11.4 Å². The fourth-order valence-electron chi connectivity index (χ4n) is 2.71. The summed E-state index contributed by atoms with van der Waals surface area (Å²) in [6.45, 7) is 3.62. The van der Waals surface area contributed by atoms with E-state index in [9.17, 15) is 14.4 Å². The largest absolute Gasteiger partial charge is 0.492 e. The maximum absolute atomic E-state index is 13.0. The second-order valence-electron chi connectivity index (χ2n) is 6.17. The topological polar surface area (TPSA) is 125 Å². The number of methoxy groups -OCH3 is 1. The van der Waals surface area contributed by atoms with Gasteiger partial charge in [0.05, 0.1) is 30.7 Å². The molecular formula is C20H19N5O5. The number of hydrogen-bond donors (Lipinski definition) is 1. The fraction of sp³-hybridized carbons (Fsp3) is 0.200. The first kappa shape index (κ1) is 20.6. The number of hydrogen-bond acceptors (Lipinski definition) is 8. The zero-order chi connectivity index (χ0) is 21.7. The molecule has 0 spiro atoms. The Labute approximate surface area is 171 Å². The number of carbonyl (C=O) groups excluding carboxylic acids is 3. The van der Waals surface area contributed by atoms with Crippen LogP contribution >= 0.6 is 0 Å². The molecule has 0 radical (unpaired) electrons. The predicted octanol–water partition coefficient (Wildman–Crippen LogP) is 2.30. The van der Waals surface area contributed by atoms with Crippen LogP contribution in [0, 0.1) is 0 Å². The highest BCUT2D eigenvalue weighted by Crippen LogP contribution is 2.27. The normalized spacial score (nSPS) is 10.4. The Morgan fingerprint density at radius 2 is 1.83 bits per heavy atom. The Kier molecular flexibility index (Phi) is 6.16. The van der Waals surface area contributed by atoms with Crippen LogP contribution in [0.5, 0.6) is 5.75 Å². The molecule has 0 saturated carbocycles. The molecule has 1 aromatic heterocycles. The minimum Gasteiger partial charge on any atom is -0.492 e. The number of nitrogens with zero attached hydrogens (tertiary/aromatic N) is 4. The summed E-state index contributed by atoms with van der Waals surface area (Å²) in [5.74, 6) is -0.868. The lowest BCUT2D eigenvalue weighted by Crippen LogP contribution is -2.15. The van der Waals surface area contributed by atoms with E-state index in [4.69, 9.17) is 9.47 Å². The molecule has 0 bridgehead atoms. The van der Waals surface area contributed by atoms with E-state index in [0.717, 1.165) is 0 Å². The van der Waals surface area contributed by atoms with Crippen LogP contribution in [0.1, 0.15) is 44.9 Å². The standard InChI is InChI=1S/C20H19N5O5/c1-4-30-18-6-5-13(12(2)26)10-17(18)22-19(27)14-7-15(20(28)29-3)9-16(8-14)25-11-21-23-24-25/h5-11H,4H2,1-3H3,(H,22,27). The highest BCUT2D eigenvalue weighted by atomic mass is 16.5. The summed E-state index contributed by atoms with van der Waals surface area (Å²) in [5, 5.41) is 13.6. The third-order valence-electron chi connectivity index (χ3n) is 4.15. The van der Waals surface area contributed by atoms with Gasteiger partial charge in [0.25, 0.3) is 5.91 Å². The Morgan fingerprint density at radius 3 is 2.47 bits per heavy atom. The number of aromatic nitrogens is 4. The summed E-state index contributed by atoms with van der Waals surface area (Å²) in [7, 11) is 1.24. The van der Waals surface area contributed by atoms with Crippen LogP contribution < -0.4 is 10.1 Å². The lowest BCUT2D eigenvalue weighted by atomic mass is 10.1. The molecule has 3 aromatic rings. The average molecular weight is 409 g/mol. The number of benzene rings is 2. The van der Waals surface area contributed by atoms with E-state index in [0.29, 0.717) is 29.3 Å². The lowest BCUT2D eigenvalue weighted by molar-refractivity contribution is 0.0600. The van der Waals surface area contributed by atoms with Gasteiger partial charge in [0.1, 0.15) is 12.1 Å². The van der Waals surface area contributed by atoms with Crippen LogP contribution in [0.3, 0.4) is 0 Å². The number of Topliss-reactive ketones (excluding diaryl/α,β-unsaturated/α-hetero) is 1. The highest BCUT2D eigenvalue weighted by molar-refractivity contribution is 6.07. The van der Waals surface area contributed by atoms with Gasteiger partial charge in [-0.25, -0.2) is 9.48 Å². The summed E-state index contributed by atoms with van der Waals surface area (Å²) in [6.07, 6.45) is 1.33. The number of anilines is 1. The molecule has 30 heavy (non-hydrogen) atoms. The first-order valence-corrected chi connectivity index (χ1v) is 8.98. The van der Waals surface area contributed by atoms with Gasteiger partial charge in [-0.05, 0) is 60.7 Å². The molecule has 1 N–H and O–H groups in total. The molecule has 0 aliphatic heterocycles. The van der Waals surface area contributed by atoms with Gasteiger partial charge in [-0.2, -0.15) is 0 Å². The first-order chi connectivity index (χ1) is 14.4. The van der Waals surface area contributed by atoms with E-state index in [1.165, 1.54) is 49.3 Å².